The molecular weight excluding hydrogens is 250 g/mol. The Labute approximate surface area is 119 Å². The van der Waals surface area contributed by atoms with Crippen LogP contribution >= 0.6 is 0 Å². The molecule has 1 N–H and O–H groups in total. The summed E-state index contributed by atoms with van der Waals surface area (Å²) in [5.74, 6) is 0.163. The summed E-state index contributed by atoms with van der Waals surface area (Å²) in [7, 11) is 3.62. The summed E-state index contributed by atoms with van der Waals surface area (Å²) in [6.07, 6.45) is 1.00. The topological polar surface area (TPSA) is 39.3 Å². The summed E-state index contributed by atoms with van der Waals surface area (Å²) in [6, 6.07) is 8.83. The first-order chi connectivity index (χ1) is 9.56. The minimum Gasteiger partial charge on any atom is -0.357 e. The average molecular weight is 271 g/mol. The van der Waals surface area contributed by atoms with Crippen molar-refractivity contribution in [3.05, 3.63) is 35.5 Å². The molecule has 0 saturated carbocycles. The number of carbonyl (C=O) groups excluding carboxylic acids is 1. The largest absolute Gasteiger partial charge is 0.357 e. The van der Waals surface area contributed by atoms with Crippen LogP contribution in [0.25, 0.3) is 10.9 Å². The van der Waals surface area contributed by atoms with Crippen molar-refractivity contribution in [2.24, 2.45) is 0 Å². The van der Waals surface area contributed by atoms with E-state index >= 15 is 0 Å². The first-order valence-corrected chi connectivity index (χ1v) is 7.09. The monoisotopic (exact) mass is 271 g/mol. The molecule has 0 saturated heterocycles. The molecule has 1 aliphatic rings. The fourth-order valence-corrected chi connectivity index (χ4v) is 2.93. The molecule has 0 bridgehead atoms. The Kier molecular flexibility index (Phi) is 3.26. The van der Waals surface area contributed by atoms with Crippen LogP contribution in [0.4, 0.5) is 0 Å². The molecule has 0 aliphatic carbocycles. The standard InChI is InChI=1S/C16H21N3O/c1-11-8-13-12-6-4-5-7-14(12)17-15(13)9-19(11)10-16(20)18(2)3/h4-7,11,17H,8-10H2,1-3H3/t11-/m1/s1. The zero-order valence-corrected chi connectivity index (χ0v) is 12.3. The van der Waals surface area contributed by atoms with Crippen LogP contribution < -0.4 is 0 Å². The number of likely N-dealkylation sites (N-methyl/N-ethyl adjacent to an activating group) is 1. The molecule has 20 heavy (non-hydrogen) atoms. The average Bonchev–Trinajstić information content (AvgIpc) is 2.76. The Balaban J connectivity index is 1.89. The van der Waals surface area contributed by atoms with Crippen LogP contribution in [-0.4, -0.2) is 47.4 Å². The van der Waals surface area contributed by atoms with Gasteiger partial charge >= 0.3 is 0 Å². The van der Waals surface area contributed by atoms with Gasteiger partial charge in [0.1, 0.15) is 0 Å². The lowest BCUT2D eigenvalue weighted by molar-refractivity contribution is -0.130. The second-order valence-electron chi connectivity index (χ2n) is 5.87. The molecule has 4 nitrogen and oxygen atoms in total. The molecule has 1 aromatic carbocycles. The Morgan fingerprint density at radius 2 is 2.15 bits per heavy atom. The van der Waals surface area contributed by atoms with E-state index in [1.807, 2.05) is 14.1 Å². The van der Waals surface area contributed by atoms with E-state index in [4.69, 9.17) is 0 Å². The Morgan fingerprint density at radius 3 is 2.90 bits per heavy atom. The van der Waals surface area contributed by atoms with Crippen LogP contribution in [-0.2, 0) is 17.8 Å². The number of benzene rings is 1. The maximum atomic E-state index is 11.9. The van der Waals surface area contributed by atoms with E-state index in [0.717, 1.165) is 13.0 Å². The first kappa shape index (κ1) is 13.2. The van der Waals surface area contributed by atoms with Crippen LogP contribution in [0, 0.1) is 0 Å². The molecule has 1 aliphatic heterocycles. The Morgan fingerprint density at radius 1 is 1.40 bits per heavy atom. The minimum atomic E-state index is 0.163. The van der Waals surface area contributed by atoms with Gasteiger partial charge in [0.2, 0.25) is 5.91 Å². The molecule has 0 unspecified atom stereocenters. The van der Waals surface area contributed by atoms with Gasteiger partial charge in [-0.2, -0.15) is 0 Å². The van der Waals surface area contributed by atoms with E-state index in [0.29, 0.717) is 12.6 Å². The van der Waals surface area contributed by atoms with Gasteiger partial charge in [0.15, 0.2) is 0 Å². The number of fused-ring (bicyclic) bond motifs is 3. The van der Waals surface area contributed by atoms with E-state index in [1.165, 1.54) is 22.2 Å². The number of nitrogens with one attached hydrogen (secondary N) is 1. The van der Waals surface area contributed by atoms with Crippen LogP contribution in [0.15, 0.2) is 24.3 Å². The highest BCUT2D eigenvalue weighted by Gasteiger charge is 2.27. The summed E-state index contributed by atoms with van der Waals surface area (Å²) in [5.41, 5.74) is 3.88. The summed E-state index contributed by atoms with van der Waals surface area (Å²) in [4.78, 5) is 19.3. The molecule has 106 valence electrons. The van der Waals surface area contributed by atoms with Crippen molar-refractivity contribution >= 4 is 16.8 Å². The van der Waals surface area contributed by atoms with Crippen LogP contribution in [0.5, 0.6) is 0 Å². The van der Waals surface area contributed by atoms with Gasteiger partial charge in [-0.15, -0.1) is 0 Å². The van der Waals surface area contributed by atoms with Crippen molar-refractivity contribution in [3.8, 4) is 0 Å². The molecule has 2 heterocycles. The van der Waals surface area contributed by atoms with Gasteiger partial charge in [-0.25, -0.2) is 0 Å². The predicted octanol–water partition coefficient (Wildman–Crippen LogP) is 2.00. The van der Waals surface area contributed by atoms with Gasteiger partial charge in [-0.05, 0) is 25.0 Å². The molecule has 0 fully saturated rings. The number of hydrogen-bond donors (Lipinski definition) is 1. The number of rotatable bonds is 2. The van der Waals surface area contributed by atoms with Crippen LogP contribution in [0.1, 0.15) is 18.2 Å². The van der Waals surface area contributed by atoms with Gasteiger partial charge < -0.3 is 9.88 Å². The summed E-state index contributed by atoms with van der Waals surface area (Å²) >= 11 is 0. The third-order valence-electron chi connectivity index (χ3n) is 4.22. The smallest absolute Gasteiger partial charge is 0.236 e. The second kappa shape index (κ2) is 4.94. The van der Waals surface area contributed by atoms with Crippen molar-refractivity contribution in [2.45, 2.75) is 25.9 Å². The van der Waals surface area contributed by atoms with Gasteiger partial charge in [0, 0.05) is 43.3 Å². The minimum absolute atomic E-state index is 0.163. The van der Waals surface area contributed by atoms with E-state index in [2.05, 4.69) is 41.1 Å². The first-order valence-electron chi connectivity index (χ1n) is 7.09. The number of hydrogen-bond acceptors (Lipinski definition) is 2. The van der Waals surface area contributed by atoms with Gasteiger partial charge in [0.05, 0.1) is 6.54 Å². The SMILES string of the molecule is C[C@@H]1Cc2c([nH]c3ccccc23)CN1CC(=O)N(C)C. The Hall–Kier alpha value is -1.81. The molecule has 3 rings (SSSR count). The normalized spacial score (nSPS) is 19.1. The highest BCUT2D eigenvalue weighted by atomic mass is 16.2. The molecular formula is C16H21N3O. The second-order valence-corrected chi connectivity index (χ2v) is 5.87. The number of aromatic amines is 1. The molecule has 0 spiro atoms. The number of H-pyrrole nitrogens is 1. The van der Waals surface area contributed by atoms with E-state index < -0.39 is 0 Å². The predicted molar refractivity (Wildman–Crippen MR) is 80.6 cm³/mol. The third kappa shape index (κ3) is 2.20. The quantitative estimate of drug-likeness (QED) is 0.907. The Bertz CT molecular complexity index is 644. The van der Waals surface area contributed by atoms with Crippen molar-refractivity contribution in [1.82, 2.24) is 14.8 Å². The van der Waals surface area contributed by atoms with E-state index in [1.54, 1.807) is 4.90 Å². The highest BCUT2D eigenvalue weighted by Crippen LogP contribution is 2.29. The number of amides is 1. The molecule has 2 aromatic rings. The van der Waals surface area contributed by atoms with Crippen molar-refractivity contribution < 1.29 is 4.79 Å². The maximum absolute atomic E-state index is 11.9. The lowest BCUT2D eigenvalue weighted by Gasteiger charge is -2.33. The number of para-hydroxylation sites is 1. The molecule has 1 atom stereocenters. The lowest BCUT2D eigenvalue weighted by Crippen LogP contribution is -2.44. The van der Waals surface area contributed by atoms with Gasteiger partial charge in [-0.3, -0.25) is 9.69 Å². The summed E-state index contributed by atoms with van der Waals surface area (Å²) < 4.78 is 0. The summed E-state index contributed by atoms with van der Waals surface area (Å²) in [6.45, 7) is 3.52. The lowest BCUT2D eigenvalue weighted by atomic mass is 9.98. The zero-order valence-electron chi connectivity index (χ0n) is 12.3. The van der Waals surface area contributed by atoms with Gasteiger partial charge in [-0.1, -0.05) is 18.2 Å². The third-order valence-corrected chi connectivity index (χ3v) is 4.22. The fourth-order valence-electron chi connectivity index (χ4n) is 2.93. The van der Waals surface area contributed by atoms with Crippen molar-refractivity contribution in [2.75, 3.05) is 20.6 Å². The van der Waals surface area contributed by atoms with Crippen LogP contribution in [0.2, 0.25) is 0 Å². The van der Waals surface area contributed by atoms with Crippen molar-refractivity contribution in [3.63, 3.8) is 0 Å². The van der Waals surface area contributed by atoms with E-state index in [9.17, 15) is 4.79 Å². The number of carbonyl (C=O) groups is 1. The molecule has 4 heteroatoms. The maximum Gasteiger partial charge on any atom is 0.236 e. The molecule has 1 aromatic heterocycles. The van der Waals surface area contributed by atoms with Crippen molar-refractivity contribution in [1.29, 1.82) is 0 Å². The number of aromatic nitrogens is 1. The van der Waals surface area contributed by atoms with E-state index in [-0.39, 0.29) is 5.91 Å². The highest BCUT2D eigenvalue weighted by molar-refractivity contribution is 5.85. The van der Waals surface area contributed by atoms with Crippen LogP contribution in [0.3, 0.4) is 0 Å². The number of nitrogens with zero attached hydrogens (tertiary/aromatic N) is 2. The summed E-state index contributed by atoms with van der Waals surface area (Å²) in [5, 5.41) is 1.33. The molecule has 0 radical (unpaired) electrons. The molecule has 1 amide bonds. The fraction of sp³-hybridized carbons (Fsp3) is 0.438. The zero-order chi connectivity index (χ0) is 14.3. The van der Waals surface area contributed by atoms with Gasteiger partial charge in [0.25, 0.3) is 0 Å².